The van der Waals surface area contributed by atoms with E-state index >= 15 is 0 Å². The summed E-state index contributed by atoms with van der Waals surface area (Å²) in [6, 6.07) is 5.04. The van der Waals surface area contributed by atoms with Crippen molar-refractivity contribution in [3.63, 3.8) is 0 Å². The minimum Gasteiger partial charge on any atom is -0.399 e. The molecule has 0 spiro atoms. The Balaban J connectivity index is 1.44. The second kappa shape index (κ2) is 10.6. The SMILES string of the molecule is CCCC1CCC(C2CCC(O)(c3ccc(-c4cc(F)c(OC(F)(F)F)c(F)c4)c(F)c3)CC2)OC1. The number of rotatable bonds is 6. The Hall–Kier alpha value is -2.26. The number of hydrogen-bond acceptors (Lipinski definition) is 3. The van der Waals surface area contributed by atoms with Gasteiger partial charge in [0.2, 0.25) is 5.75 Å². The standard InChI is InChI=1S/C27H30F6O3/c1-2-3-16-4-7-24(35-15-16)17-8-10-26(34,11-9-17)19-5-6-20(21(28)14-19)18-12-22(29)25(23(30)13-18)36-27(31,32)33/h5-6,12-14,16-17,24,34H,2-4,7-11,15H2,1H3. The van der Waals surface area contributed by atoms with Crippen molar-refractivity contribution < 1.29 is 40.9 Å². The molecule has 198 valence electrons. The average molecular weight is 517 g/mol. The van der Waals surface area contributed by atoms with E-state index in [1.807, 2.05) is 0 Å². The quantitative estimate of drug-likeness (QED) is 0.401. The summed E-state index contributed by atoms with van der Waals surface area (Å²) in [7, 11) is 0. The predicted octanol–water partition coefficient (Wildman–Crippen LogP) is 7.64. The summed E-state index contributed by atoms with van der Waals surface area (Å²) in [5, 5.41) is 11.2. The van der Waals surface area contributed by atoms with Crippen molar-refractivity contribution in [1.29, 1.82) is 0 Å². The van der Waals surface area contributed by atoms with E-state index in [1.54, 1.807) is 0 Å². The molecule has 3 nitrogen and oxygen atoms in total. The van der Waals surface area contributed by atoms with Crippen LogP contribution in [-0.2, 0) is 10.3 Å². The molecule has 2 fully saturated rings. The molecule has 0 aromatic heterocycles. The predicted molar refractivity (Wildman–Crippen MR) is 122 cm³/mol. The van der Waals surface area contributed by atoms with Gasteiger partial charge in [0.05, 0.1) is 11.7 Å². The van der Waals surface area contributed by atoms with Gasteiger partial charge in [-0.05, 0) is 86.1 Å². The van der Waals surface area contributed by atoms with Crippen molar-refractivity contribution in [3.05, 3.63) is 53.3 Å². The average Bonchev–Trinajstić information content (AvgIpc) is 2.82. The van der Waals surface area contributed by atoms with Crippen LogP contribution in [0.3, 0.4) is 0 Å². The molecule has 0 radical (unpaired) electrons. The fourth-order valence-corrected chi connectivity index (χ4v) is 5.58. The van der Waals surface area contributed by atoms with Gasteiger partial charge in [0.15, 0.2) is 11.6 Å². The third-order valence-electron chi connectivity index (χ3n) is 7.52. The molecule has 36 heavy (non-hydrogen) atoms. The van der Waals surface area contributed by atoms with E-state index in [1.165, 1.54) is 18.6 Å². The minimum absolute atomic E-state index is 0.177. The molecule has 1 saturated heterocycles. The van der Waals surface area contributed by atoms with Crippen LogP contribution < -0.4 is 4.74 Å². The summed E-state index contributed by atoms with van der Waals surface area (Å²) in [6.07, 6.45) is 1.72. The number of ether oxygens (including phenoxy) is 2. The number of halogens is 6. The first-order valence-electron chi connectivity index (χ1n) is 12.4. The smallest absolute Gasteiger partial charge is 0.399 e. The lowest BCUT2D eigenvalue weighted by atomic mass is 9.72. The first-order valence-corrected chi connectivity index (χ1v) is 12.4. The third kappa shape index (κ3) is 5.99. The lowest BCUT2D eigenvalue weighted by molar-refractivity contribution is -0.276. The second-order valence-corrected chi connectivity index (χ2v) is 9.98. The first kappa shape index (κ1) is 26.8. The minimum atomic E-state index is -5.27. The number of benzene rings is 2. The topological polar surface area (TPSA) is 38.7 Å². The van der Waals surface area contributed by atoms with E-state index < -0.39 is 35.2 Å². The maximum atomic E-state index is 15.0. The number of aliphatic hydroxyl groups is 1. The zero-order valence-electron chi connectivity index (χ0n) is 20.0. The molecular weight excluding hydrogens is 486 g/mol. The van der Waals surface area contributed by atoms with Crippen LogP contribution in [0, 0.1) is 29.3 Å². The van der Waals surface area contributed by atoms with Crippen LogP contribution in [0.2, 0.25) is 0 Å². The van der Waals surface area contributed by atoms with Gasteiger partial charge in [0, 0.05) is 12.2 Å². The maximum Gasteiger partial charge on any atom is 0.573 e. The van der Waals surface area contributed by atoms with Crippen molar-refractivity contribution in [1.82, 2.24) is 0 Å². The van der Waals surface area contributed by atoms with Gasteiger partial charge in [-0.1, -0.05) is 25.5 Å². The van der Waals surface area contributed by atoms with Gasteiger partial charge in [-0.25, -0.2) is 13.2 Å². The van der Waals surface area contributed by atoms with Gasteiger partial charge < -0.3 is 14.6 Å². The van der Waals surface area contributed by atoms with Gasteiger partial charge in [0.1, 0.15) is 5.82 Å². The Bertz CT molecular complexity index is 1030. The summed E-state index contributed by atoms with van der Waals surface area (Å²) in [5.74, 6) is -4.70. The first-order chi connectivity index (χ1) is 17.0. The largest absolute Gasteiger partial charge is 0.573 e. The zero-order chi connectivity index (χ0) is 26.1. The molecule has 1 heterocycles. The summed E-state index contributed by atoms with van der Waals surface area (Å²) < 4.78 is 89.8. The van der Waals surface area contributed by atoms with Gasteiger partial charge in [-0.15, -0.1) is 13.2 Å². The third-order valence-corrected chi connectivity index (χ3v) is 7.52. The molecule has 2 aromatic rings. The molecule has 1 aliphatic carbocycles. The maximum absolute atomic E-state index is 15.0. The highest BCUT2D eigenvalue weighted by Gasteiger charge is 2.39. The summed E-state index contributed by atoms with van der Waals surface area (Å²) in [4.78, 5) is 0. The highest BCUT2D eigenvalue weighted by molar-refractivity contribution is 5.66. The monoisotopic (exact) mass is 516 g/mol. The summed E-state index contributed by atoms with van der Waals surface area (Å²) in [5.41, 5.74) is -1.37. The molecule has 2 atom stereocenters. The molecule has 2 unspecified atom stereocenters. The van der Waals surface area contributed by atoms with E-state index in [9.17, 15) is 31.4 Å². The van der Waals surface area contributed by atoms with Crippen molar-refractivity contribution in [3.8, 4) is 16.9 Å². The van der Waals surface area contributed by atoms with Gasteiger partial charge in [-0.2, -0.15) is 0 Å². The van der Waals surface area contributed by atoms with Crippen LogP contribution in [0.25, 0.3) is 11.1 Å². The van der Waals surface area contributed by atoms with Crippen LogP contribution >= 0.6 is 0 Å². The van der Waals surface area contributed by atoms with Crippen molar-refractivity contribution in [2.24, 2.45) is 11.8 Å². The van der Waals surface area contributed by atoms with Crippen molar-refractivity contribution in [2.45, 2.75) is 76.4 Å². The Morgan fingerprint density at radius 1 is 0.972 bits per heavy atom. The molecule has 1 N–H and O–H groups in total. The van der Waals surface area contributed by atoms with Crippen LogP contribution in [0.1, 0.15) is 63.9 Å². The molecule has 0 amide bonds. The zero-order valence-corrected chi connectivity index (χ0v) is 20.0. The Labute approximate surface area is 206 Å². The van der Waals surface area contributed by atoms with E-state index in [0.29, 0.717) is 42.4 Å². The highest BCUT2D eigenvalue weighted by Crippen LogP contribution is 2.44. The van der Waals surface area contributed by atoms with Gasteiger partial charge in [0.25, 0.3) is 0 Å². The van der Waals surface area contributed by atoms with E-state index in [2.05, 4.69) is 11.7 Å². The van der Waals surface area contributed by atoms with Crippen molar-refractivity contribution >= 4 is 0 Å². The van der Waals surface area contributed by atoms with Gasteiger partial charge in [-0.3, -0.25) is 0 Å². The van der Waals surface area contributed by atoms with Crippen LogP contribution in [0.5, 0.6) is 5.75 Å². The highest BCUT2D eigenvalue weighted by atomic mass is 19.4. The van der Waals surface area contributed by atoms with E-state index in [-0.39, 0.29) is 17.2 Å². The van der Waals surface area contributed by atoms with Crippen LogP contribution in [0.15, 0.2) is 30.3 Å². The van der Waals surface area contributed by atoms with E-state index in [4.69, 9.17) is 4.74 Å². The second-order valence-electron chi connectivity index (χ2n) is 9.98. The fourth-order valence-electron chi connectivity index (χ4n) is 5.58. The van der Waals surface area contributed by atoms with E-state index in [0.717, 1.165) is 44.8 Å². The summed E-state index contributed by atoms with van der Waals surface area (Å²) in [6.45, 7) is 2.94. The molecule has 1 aliphatic heterocycles. The van der Waals surface area contributed by atoms with Crippen molar-refractivity contribution in [2.75, 3.05) is 6.61 Å². The summed E-state index contributed by atoms with van der Waals surface area (Å²) >= 11 is 0. The lowest BCUT2D eigenvalue weighted by Gasteiger charge is -2.41. The normalized spacial score (nSPS) is 27.2. The molecule has 2 aliphatic rings. The van der Waals surface area contributed by atoms with Crippen LogP contribution in [0.4, 0.5) is 26.3 Å². The Morgan fingerprint density at radius 3 is 2.17 bits per heavy atom. The molecule has 2 aromatic carbocycles. The molecular formula is C27H30F6O3. The molecule has 1 saturated carbocycles. The molecule has 4 rings (SSSR count). The molecule has 9 heteroatoms. The fraction of sp³-hybridized carbons (Fsp3) is 0.556. The Morgan fingerprint density at radius 2 is 1.64 bits per heavy atom. The lowest BCUT2D eigenvalue weighted by Crippen LogP contribution is -2.38. The van der Waals surface area contributed by atoms with Crippen LogP contribution in [-0.4, -0.2) is 24.2 Å². The Kier molecular flexibility index (Phi) is 7.90. The number of hydrogen-bond donors (Lipinski definition) is 1. The van der Waals surface area contributed by atoms with Gasteiger partial charge >= 0.3 is 6.36 Å². The molecule has 0 bridgehead atoms. The number of alkyl halides is 3.